The molecule has 22 heavy (non-hydrogen) atoms. The highest BCUT2D eigenvalue weighted by atomic mass is 79.9. The van der Waals surface area contributed by atoms with Gasteiger partial charge in [0.2, 0.25) is 11.8 Å². The van der Waals surface area contributed by atoms with Gasteiger partial charge < -0.3 is 10.6 Å². The summed E-state index contributed by atoms with van der Waals surface area (Å²) in [7, 11) is 0. The molecular formula is C17H17BrN2O2. The van der Waals surface area contributed by atoms with E-state index in [0.717, 1.165) is 15.6 Å². The highest BCUT2D eigenvalue weighted by Gasteiger charge is 2.10. The van der Waals surface area contributed by atoms with E-state index in [1.807, 2.05) is 49.4 Å². The highest BCUT2D eigenvalue weighted by Crippen LogP contribution is 2.20. The van der Waals surface area contributed by atoms with E-state index in [1.54, 1.807) is 6.07 Å². The molecular weight excluding hydrogens is 344 g/mol. The number of nitrogens with one attached hydrogen (secondary N) is 2. The van der Waals surface area contributed by atoms with E-state index in [-0.39, 0.29) is 18.2 Å². The molecule has 2 N–H and O–H groups in total. The summed E-state index contributed by atoms with van der Waals surface area (Å²) in [5, 5.41) is 5.44. The summed E-state index contributed by atoms with van der Waals surface area (Å²) < 4.78 is 0.916. The molecule has 0 unspecified atom stereocenters. The lowest BCUT2D eigenvalue weighted by molar-refractivity contribution is -0.126. The van der Waals surface area contributed by atoms with Gasteiger partial charge in [-0.1, -0.05) is 52.3 Å². The van der Waals surface area contributed by atoms with Crippen molar-refractivity contribution in [2.45, 2.75) is 19.9 Å². The van der Waals surface area contributed by atoms with E-state index in [0.29, 0.717) is 12.2 Å². The number of aryl methyl sites for hydroxylation is 1. The Morgan fingerprint density at radius 3 is 2.45 bits per heavy atom. The molecule has 4 nitrogen and oxygen atoms in total. The Bertz CT molecular complexity index is 672. The van der Waals surface area contributed by atoms with Crippen molar-refractivity contribution >= 4 is 33.4 Å². The van der Waals surface area contributed by atoms with E-state index >= 15 is 0 Å². The van der Waals surface area contributed by atoms with Gasteiger partial charge in [0, 0.05) is 16.7 Å². The van der Waals surface area contributed by atoms with Crippen LogP contribution in [0.1, 0.15) is 17.5 Å². The second-order valence-corrected chi connectivity index (χ2v) is 5.81. The summed E-state index contributed by atoms with van der Waals surface area (Å²) >= 11 is 3.41. The van der Waals surface area contributed by atoms with Crippen molar-refractivity contribution < 1.29 is 9.59 Å². The molecule has 114 valence electrons. The number of anilines is 1. The van der Waals surface area contributed by atoms with Crippen LogP contribution in [-0.2, 0) is 16.1 Å². The minimum absolute atomic E-state index is 0.196. The number of hydrogen-bond donors (Lipinski definition) is 2. The molecule has 0 atom stereocenters. The fraction of sp³-hybridized carbons (Fsp3) is 0.176. The van der Waals surface area contributed by atoms with Crippen molar-refractivity contribution in [1.29, 1.82) is 0 Å². The third kappa shape index (κ3) is 5.00. The maximum Gasteiger partial charge on any atom is 0.233 e. The number of rotatable bonds is 5. The molecule has 0 fully saturated rings. The molecule has 2 aromatic rings. The maximum absolute atomic E-state index is 11.8. The van der Waals surface area contributed by atoms with Crippen LogP contribution in [0.15, 0.2) is 53.0 Å². The van der Waals surface area contributed by atoms with Gasteiger partial charge in [-0.25, -0.2) is 0 Å². The first-order valence-corrected chi connectivity index (χ1v) is 7.70. The summed E-state index contributed by atoms with van der Waals surface area (Å²) in [5.41, 5.74) is 2.75. The van der Waals surface area contributed by atoms with Gasteiger partial charge in [-0.15, -0.1) is 0 Å². The summed E-state index contributed by atoms with van der Waals surface area (Å²) in [5.74, 6) is -0.631. The van der Waals surface area contributed by atoms with Crippen molar-refractivity contribution in [1.82, 2.24) is 5.32 Å². The lowest BCUT2D eigenvalue weighted by Gasteiger charge is -2.08. The van der Waals surface area contributed by atoms with Crippen LogP contribution in [0.25, 0.3) is 0 Å². The van der Waals surface area contributed by atoms with Crippen molar-refractivity contribution in [3.63, 3.8) is 0 Å². The molecule has 2 amide bonds. The second kappa shape index (κ2) is 7.75. The Kier molecular flexibility index (Phi) is 5.72. The van der Waals surface area contributed by atoms with E-state index in [4.69, 9.17) is 0 Å². The van der Waals surface area contributed by atoms with Gasteiger partial charge in [0.05, 0.1) is 0 Å². The summed E-state index contributed by atoms with van der Waals surface area (Å²) in [6.07, 6.45) is -0.196. The molecule has 0 aliphatic carbocycles. The summed E-state index contributed by atoms with van der Waals surface area (Å²) in [4.78, 5) is 23.6. The number of hydrogen-bond acceptors (Lipinski definition) is 2. The standard InChI is InChI=1S/C17H17BrN2O2/c1-12-7-8-14(9-15(12)18)20-17(22)10-16(21)19-11-13-5-3-2-4-6-13/h2-9H,10-11H2,1H3,(H,19,21)(H,20,22). The number of amides is 2. The van der Waals surface area contributed by atoms with Crippen LogP contribution < -0.4 is 10.6 Å². The zero-order valence-corrected chi connectivity index (χ0v) is 13.8. The Labute approximate surface area is 138 Å². The van der Waals surface area contributed by atoms with Gasteiger partial charge in [-0.3, -0.25) is 9.59 Å². The first-order chi connectivity index (χ1) is 10.5. The number of halogens is 1. The van der Waals surface area contributed by atoms with Gasteiger partial charge >= 0.3 is 0 Å². The Morgan fingerprint density at radius 1 is 1.05 bits per heavy atom. The number of carbonyl (C=O) groups excluding carboxylic acids is 2. The first kappa shape index (κ1) is 16.2. The van der Waals surface area contributed by atoms with Crippen molar-refractivity contribution in [2.75, 3.05) is 5.32 Å². The van der Waals surface area contributed by atoms with Crippen LogP contribution in [0.4, 0.5) is 5.69 Å². The molecule has 0 spiro atoms. The first-order valence-electron chi connectivity index (χ1n) is 6.91. The Morgan fingerprint density at radius 2 is 1.77 bits per heavy atom. The summed E-state index contributed by atoms with van der Waals surface area (Å²) in [6, 6.07) is 15.1. The molecule has 2 aromatic carbocycles. The Hall–Kier alpha value is -2.14. The van der Waals surface area contributed by atoms with Gasteiger partial charge in [0.15, 0.2) is 0 Å². The van der Waals surface area contributed by atoms with Crippen LogP contribution >= 0.6 is 15.9 Å². The lowest BCUT2D eigenvalue weighted by Crippen LogP contribution is -2.27. The van der Waals surface area contributed by atoms with E-state index < -0.39 is 0 Å². The molecule has 0 bridgehead atoms. The third-order valence-corrected chi connectivity index (χ3v) is 3.96. The van der Waals surface area contributed by atoms with Gasteiger partial charge in [-0.05, 0) is 30.2 Å². The minimum Gasteiger partial charge on any atom is -0.352 e. The predicted octanol–water partition coefficient (Wildman–Crippen LogP) is 3.40. The zero-order valence-electron chi connectivity index (χ0n) is 12.2. The molecule has 0 saturated carbocycles. The van der Waals surface area contributed by atoms with Crippen LogP contribution in [0.2, 0.25) is 0 Å². The number of carbonyl (C=O) groups is 2. The van der Waals surface area contributed by atoms with Gasteiger partial charge in [-0.2, -0.15) is 0 Å². The molecule has 0 heterocycles. The van der Waals surface area contributed by atoms with E-state index in [2.05, 4.69) is 26.6 Å². The van der Waals surface area contributed by atoms with E-state index in [9.17, 15) is 9.59 Å². The normalized spacial score (nSPS) is 10.1. The predicted molar refractivity (Wildman–Crippen MR) is 90.4 cm³/mol. The van der Waals surface area contributed by atoms with Crippen LogP contribution in [0, 0.1) is 6.92 Å². The fourth-order valence-electron chi connectivity index (χ4n) is 1.88. The van der Waals surface area contributed by atoms with Crippen molar-refractivity contribution in [3.05, 3.63) is 64.1 Å². The monoisotopic (exact) mass is 360 g/mol. The average molecular weight is 361 g/mol. The SMILES string of the molecule is Cc1ccc(NC(=O)CC(=O)NCc2ccccc2)cc1Br. The minimum atomic E-state index is -0.332. The van der Waals surface area contributed by atoms with E-state index in [1.165, 1.54) is 0 Å². The molecule has 0 aliphatic rings. The quantitative estimate of drug-likeness (QED) is 0.802. The molecule has 0 saturated heterocycles. The molecule has 5 heteroatoms. The lowest BCUT2D eigenvalue weighted by atomic mass is 10.2. The summed E-state index contributed by atoms with van der Waals surface area (Å²) in [6.45, 7) is 2.38. The largest absolute Gasteiger partial charge is 0.352 e. The maximum atomic E-state index is 11.8. The highest BCUT2D eigenvalue weighted by molar-refractivity contribution is 9.10. The second-order valence-electron chi connectivity index (χ2n) is 4.95. The van der Waals surface area contributed by atoms with Crippen molar-refractivity contribution in [3.8, 4) is 0 Å². The molecule has 0 aromatic heterocycles. The Balaban J connectivity index is 1.81. The number of benzene rings is 2. The molecule has 0 radical (unpaired) electrons. The molecule has 0 aliphatic heterocycles. The fourth-order valence-corrected chi connectivity index (χ4v) is 2.26. The average Bonchev–Trinajstić information content (AvgIpc) is 2.50. The van der Waals surface area contributed by atoms with Crippen LogP contribution in [-0.4, -0.2) is 11.8 Å². The van der Waals surface area contributed by atoms with Crippen molar-refractivity contribution in [2.24, 2.45) is 0 Å². The smallest absolute Gasteiger partial charge is 0.233 e. The molecule has 2 rings (SSSR count). The third-order valence-electron chi connectivity index (χ3n) is 3.11. The van der Waals surface area contributed by atoms with Crippen LogP contribution in [0.5, 0.6) is 0 Å². The topological polar surface area (TPSA) is 58.2 Å². The van der Waals surface area contributed by atoms with Crippen LogP contribution in [0.3, 0.4) is 0 Å². The zero-order chi connectivity index (χ0) is 15.9. The van der Waals surface area contributed by atoms with Gasteiger partial charge in [0.1, 0.15) is 6.42 Å². The van der Waals surface area contributed by atoms with Gasteiger partial charge in [0.25, 0.3) is 0 Å².